The number of aromatic nitrogens is 3. The van der Waals surface area contributed by atoms with Gasteiger partial charge in [-0.2, -0.15) is 0 Å². The zero-order chi connectivity index (χ0) is 28.8. The minimum absolute atomic E-state index is 0.194. The Morgan fingerprint density at radius 1 is 1.02 bits per heavy atom. The zero-order valence-corrected chi connectivity index (χ0v) is 21.9. The number of nitrogens with zero attached hydrogens (tertiary/aromatic N) is 3. The predicted octanol–water partition coefficient (Wildman–Crippen LogP) is 3.13. The van der Waals surface area contributed by atoms with Gasteiger partial charge in [-0.1, -0.05) is 29.5 Å². The average molecular weight is 551 g/mol. The molecule has 1 aromatic heterocycles. The van der Waals surface area contributed by atoms with Gasteiger partial charge in [0.2, 0.25) is 0 Å². The van der Waals surface area contributed by atoms with Crippen LogP contribution in [0.25, 0.3) is 11.3 Å². The summed E-state index contributed by atoms with van der Waals surface area (Å²) in [5, 5.41) is 8.33. The number of benzene rings is 2. The Morgan fingerprint density at radius 2 is 1.73 bits per heavy atom. The Morgan fingerprint density at radius 3 is 2.38 bits per heavy atom. The molecular formula is C28H27FN4O7. The summed E-state index contributed by atoms with van der Waals surface area (Å²) in [5.74, 6) is -2.35. The van der Waals surface area contributed by atoms with Crippen molar-refractivity contribution in [1.82, 2.24) is 15.0 Å². The molecule has 0 aliphatic carbocycles. The van der Waals surface area contributed by atoms with Gasteiger partial charge in [-0.15, -0.1) is 5.10 Å². The summed E-state index contributed by atoms with van der Waals surface area (Å²) in [6.07, 6.45) is 1.29. The van der Waals surface area contributed by atoms with Gasteiger partial charge in [0, 0.05) is 37.6 Å². The summed E-state index contributed by atoms with van der Waals surface area (Å²) in [5.41, 5.74) is 8.42. The van der Waals surface area contributed by atoms with Crippen LogP contribution in [-0.4, -0.2) is 57.8 Å². The molecule has 0 amide bonds. The monoisotopic (exact) mass is 550 g/mol. The van der Waals surface area contributed by atoms with Crippen LogP contribution in [-0.2, 0) is 33.3 Å². The number of nitrogen functional groups attached to an aromatic ring is 1. The first-order valence-electron chi connectivity index (χ1n) is 12.2. The Kier molecular flexibility index (Phi) is 8.57. The first-order valence-corrected chi connectivity index (χ1v) is 12.2. The topological polar surface area (TPSA) is 145 Å². The Bertz CT molecular complexity index is 1470. The lowest BCUT2D eigenvalue weighted by molar-refractivity contribution is -0.180. The molecule has 12 heteroatoms. The average Bonchev–Trinajstić information content (AvgIpc) is 3.38. The van der Waals surface area contributed by atoms with Crippen LogP contribution in [0.1, 0.15) is 32.0 Å². The highest BCUT2D eigenvalue weighted by Gasteiger charge is 2.42. The molecule has 2 heterocycles. The van der Waals surface area contributed by atoms with Crippen LogP contribution in [0.5, 0.6) is 0 Å². The summed E-state index contributed by atoms with van der Waals surface area (Å²) in [4.78, 5) is 35.5. The number of carbonyl (C=O) groups excluding carboxylic acids is 3. The second-order valence-corrected chi connectivity index (χ2v) is 8.88. The van der Waals surface area contributed by atoms with Crippen molar-refractivity contribution >= 4 is 29.2 Å². The van der Waals surface area contributed by atoms with Gasteiger partial charge in [0.25, 0.3) is 0 Å². The van der Waals surface area contributed by atoms with Gasteiger partial charge in [-0.25, -0.2) is 9.07 Å². The van der Waals surface area contributed by atoms with Gasteiger partial charge in [0.05, 0.1) is 12.5 Å². The second-order valence-electron chi connectivity index (χ2n) is 8.88. The van der Waals surface area contributed by atoms with Gasteiger partial charge >= 0.3 is 17.9 Å². The number of hydrogen-bond acceptors (Lipinski definition) is 10. The van der Waals surface area contributed by atoms with Crippen molar-refractivity contribution in [3.8, 4) is 5.69 Å². The Labute approximate surface area is 229 Å². The van der Waals surface area contributed by atoms with Crippen LogP contribution in [0.3, 0.4) is 0 Å². The molecule has 1 aliphatic heterocycles. The van der Waals surface area contributed by atoms with Crippen molar-refractivity contribution in [2.75, 3.05) is 12.3 Å². The maximum atomic E-state index is 14.4. The molecule has 0 saturated heterocycles. The highest BCUT2D eigenvalue weighted by atomic mass is 19.1. The number of carbonyl (C=O) groups is 3. The second kappa shape index (κ2) is 12.2. The number of hydrogen-bond donors (Lipinski definition) is 1. The van der Waals surface area contributed by atoms with Crippen LogP contribution in [0, 0.1) is 5.82 Å². The van der Waals surface area contributed by atoms with Crippen molar-refractivity contribution in [1.29, 1.82) is 0 Å². The molecule has 4 rings (SSSR count). The molecular weight excluding hydrogens is 523 g/mol. The fourth-order valence-corrected chi connectivity index (χ4v) is 4.07. The quantitative estimate of drug-likeness (QED) is 0.252. The third-order valence-corrected chi connectivity index (χ3v) is 5.82. The lowest BCUT2D eigenvalue weighted by atomic mass is 9.93. The van der Waals surface area contributed by atoms with Crippen molar-refractivity contribution in [2.24, 2.45) is 0 Å². The van der Waals surface area contributed by atoms with Crippen molar-refractivity contribution in [3.63, 3.8) is 0 Å². The summed E-state index contributed by atoms with van der Waals surface area (Å²) >= 11 is 0. The third kappa shape index (κ3) is 6.70. The zero-order valence-electron chi connectivity index (χ0n) is 21.9. The third-order valence-electron chi connectivity index (χ3n) is 5.82. The van der Waals surface area contributed by atoms with Crippen LogP contribution in [0.2, 0.25) is 0 Å². The van der Waals surface area contributed by atoms with Crippen LogP contribution in [0.15, 0.2) is 72.6 Å². The van der Waals surface area contributed by atoms with Gasteiger partial charge in [0.15, 0.2) is 18.3 Å². The van der Waals surface area contributed by atoms with E-state index in [1.807, 2.05) is 0 Å². The first-order chi connectivity index (χ1) is 19.1. The number of rotatable bonds is 8. The van der Waals surface area contributed by atoms with E-state index in [-0.39, 0.29) is 12.3 Å². The molecule has 3 aromatic rings. The highest BCUT2D eigenvalue weighted by Crippen LogP contribution is 2.31. The lowest BCUT2D eigenvalue weighted by Gasteiger charge is -2.35. The Balaban J connectivity index is 1.82. The van der Waals surface area contributed by atoms with Crippen LogP contribution < -0.4 is 5.73 Å². The number of anilines is 1. The van der Waals surface area contributed by atoms with Gasteiger partial charge in [0.1, 0.15) is 23.8 Å². The first kappa shape index (κ1) is 28.0. The van der Waals surface area contributed by atoms with Crippen molar-refractivity contribution in [2.45, 2.75) is 39.1 Å². The maximum Gasteiger partial charge on any atom is 0.303 e. The maximum absolute atomic E-state index is 14.4. The number of ether oxygens (including phenoxy) is 4. The minimum Gasteiger partial charge on any atom is -0.490 e. The molecule has 0 bridgehead atoms. The molecule has 0 spiro atoms. The van der Waals surface area contributed by atoms with E-state index in [9.17, 15) is 18.8 Å². The van der Waals surface area contributed by atoms with Gasteiger partial charge in [-0.3, -0.25) is 14.4 Å². The summed E-state index contributed by atoms with van der Waals surface area (Å²) < 4.78 is 37.6. The molecule has 0 radical (unpaired) electrons. The predicted molar refractivity (Wildman–Crippen MR) is 140 cm³/mol. The molecule has 11 nitrogen and oxygen atoms in total. The molecule has 3 atom stereocenters. The molecule has 208 valence electrons. The van der Waals surface area contributed by atoms with E-state index in [4.69, 9.17) is 24.7 Å². The molecule has 0 saturated carbocycles. The largest absolute Gasteiger partial charge is 0.490 e. The van der Waals surface area contributed by atoms with E-state index in [0.29, 0.717) is 28.1 Å². The summed E-state index contributed by atoms with van der Waals surface area (Å²) in [6, 6.07) is 13.0. The van der Waals surface area contributed by atoms with E-state index in [1.165, 1.54) is 37.8 Å². The normalized spacial score (nSPS) is 18.8. The van der Waals surface area contributed by atoms with Crippen molar-refractivity contribution < 1.29 is 37.7 Å². The van der Waals surface area contributed by atoms with E-state index in [0.717, 1.165) is 0 Å². The summed E-state index contributed by atoms with van der Waals surface area (Å²) in [6.45, 7) is 3.39. The fraction of sp³-hybridized carbons (Fsp3) is 0.250. The number of nitrogens with two attached hydrogens (primary N) is 1. The molecule has 40 heavy (non-hydrogen) atoms. The highest BCUT2D eigenvalue weighted by molar-refractivity contribution is 5.80. The number of halogens is 1. The van der Waals surface area contributed by atoms with E-state index < -0.39 is 42.0 Å². The SMILES string of the molecule is CC(=O)OC[C@H]1OC=C(/C=C(\c2ccc(N)cc2)c2cn(-c3ccccc3F)nn2)[C@@H](OC(C)=O)[C@@H]1OC(C)=O. The van der Waals surface area contributed by atoms with Crippen LogP contribution >= 0.6 is 0 Å². The fourth-order valence-electron chi connectivity index (χ4n) is 4.07. The van der Waals surface area contributed by atoms with Crippen LogP contribution in [0.4, 0.5) is 10.1 Å². The molecule has 0 fully saturated rings. The smallest absolute Gasteiger partial charge is 0.303 e. The van der Waals surface area contributed by atoms with Gasteiger partial charge in [-0.05, 0) is 35.9 Å². The standard InChI is InChI=1S/C28H27FN4O7/c1-16(34)37-15-26-28(40-18(3)36)27(39-17(2)35)20(14-38-26)12-22(19-8-10-21(30)11-9-19)24-13-33(32-31-24)25-7-5-4-6-23(25)29/h4-14,26-28H,15,30H2,1-3H3/b22-12+/t26-,27-,28-/m1/s1. The Hall–Kier alpha value is -5.00. The summed E-state index contributed by atoms with van der Waals surface area (Å²) in [7, 11) is 0. The van der Waals surface area contributed by atoms with Gasteiger partial charge < -0.3 is 24.7 Å². The van der Waals surface area contributed by atoms with E-state index >= 15 is 0 Å². The molecule has 2 aromatic carbocycles. The minimum atomic E-state index is -1.14. The molecule has 2 N–H and O–H groups in total. The molecule has 1 aliphatic rings. The lowest BCUT2D eigenvalue weighted by Crippen LogP contribution is -2.49. The van der Waals surface area contributed by atoms with Crippen molar-refractivity contribution in [3.05, 3.63) is 89.7 Å². The number of para-hydroxylation sites is 1. The number of esters is 3. The molecule has 0 unspecified atom stereocenters. The van der Waals surface area contributed by atoms with E-state index in [1.54, 1.807) is 54.7 Å². The van der Waals surface area contributed by atoms with E-state index in [2.05, 4.69) is 10.3 Å².